The maximum Gasteiger partial charge on any atom is 0.312 e. The average Bonchev–Trinajstić information content (AvgIpc) is 3.11. The Morgan fingerprint density at radius 1 is 1.36 bits per heavy atom. The highest BCUT2D eigenvalue weighted by molar-refractivity contribution is 7.98. The molecule has 1 aromatic carbocycles. The van der Waals surface area contributed by atoms with Crippen LogP contribution in [0.25, 0.3) is 0 Å². The van der Waals surface area contributed by atoms with Crippen molar-refractivity contribution in [1.29, 1.82) is 0 Å². The Bertz CT molecular complexity index is 1060. The predicted octanol–water partition coefficient (Wildman–Crippen LogP) is 3.73. The van der Waals surface area contributed by atoms with E-state index in [0.29, 0.717) is 22.4 Å². The minimum atomic E-state index is -0.494. The van der Waals surface area contributed by atoms with Crippen LogP contribution in [0.2, 0.25) is 5.02 Å². The lowest BCUT2D eigenvalue weighted by atomic mass is 10.2. The summed E-state index contributed by atoms with van der Waals surface area (Å²) in [5.74, 6) is 0.269. The van der Waals surface area contributed by atoms with Crippen LogP contribution in [-0.2, 0) is 5.88 Å². The molecule has 0 aliphatic carbocycles. The first-order valence-corrected chi connectivity index (χ1v) is 9.37. The Hall–Kier alpha value is -2.79. The van der Waals surface area contributed by atoms with Crippen LogP contribution in [0.5, 0.6) is 0 Å². The van der Waals surface area contributed by atoms with Gasteiger partial charge in [-0.05, 0) is 32.9 Å². The topological polar surface area (TPSA) is 104 Å². The Morgan fingerprint density at radius 3 is 2.75 bits per heavy atom. The van der Waals surface area contributed by atoms with E-state index in [1.54, 1.807) is 26.8 Å². The molecule has 0 N–H and O–H groups in total. The van der Waals surface area contributed by atoms with Gasteiger partial charge in [0.1, 0.15) is 17.2 Å². The van der Waals surface area contributed by atoms with E-state index in [-0.39, 0.29) is 22.2 Å². The quantitative estimate of drug-likeness (QED) is 0.259. The molecule has 28 heavy (non-hydrogen) atoms. The second kappa shape index (κ2) is 8.07. The van der Waals surface area contributed by atoms with E-state index in [2.05, 4.69) is 20.4 Å². The SMILES string of the molecule is Cc1nn(CSc2nnc(C)n2/N=C\c2c(F)cccc2Cl)c(C)c1[N+](=O)[O-]. The number of nitrogens with zero attached hydrogens (tertiary/aromatic N) is 7. The largest absolute Gasteiger partial charge is 0.312 e. The van der Waals surface area contributed by atoms with Crippen molar-refractivity contribution in [3.8, 4) is 0 Å². The van der Waals surface area contributed by atoms with Crippen molar-refractivity contribution in [2.45, 2.75) is 31.8 Å². The zero-order valence-electron chi connectivity index (χ0n) is 15.1. The van der Waals surface area contributed by atoms with Crippen LogP contribution in [0.15, 0.2) is 28.5 Å². The monoisotopic (exact) mass is 423 g/mol. The molecule has 0 aliphatic rings. The molecule has 0 radical (unpaired) electrons. The summed E-state index contributed by atoms with van der Waals surface area (Å²) in [5.41, 5.74) is 0.931. The molecule has 0 bridgehead atoms. The molecule has 3 aromatic rings. The van der Waals surface area contributed by atoms with Gasteiger partial charge in [0, 0.05) is 5.56 Å². The number of hydrogen-bond acceptors (Lipinski definition) is 7. The number of rotatable bonds is 6. The second-order valence-corrected chi connectivity index (χ2v) is 7.09. The molecule has 9 nitrogen and oxygen atoms in total. The molecule has 0 saturated carbocycles. The fourth-order valence-corrected chi connectivity index (χ4v) is 3.61. The van der Waals surface area contributed by atoms with Gasteiger partial charge >= 0.3 is 5.69 Å². The lowest BCUT2D eigenvalue weighted by molar-refractivity contribution is -0.386. The molecule has 3 rings (SSSR count). The molecule has 0 unspecified atom stereocenters. The molecule has 0 amide bonds. The molecule has 0 fully saturated rings. The van der Waals surface area contributed by atoms with Crippen LogP contribution in [0.4, 0.5) is 10.1 Å². The molecule has 2 aromatic heterocycles. The number of halogens is 2. The molecular formula is C16H15ClFN7O2S. The van der Waals surface area contributed by atoms with E-state index in [0.717, 1.165) is 0 Å². The minimum absolute atomic E-state index is 0.00883. The lowest BCUT2D eigenvalue weighted by Crippen LogP contribution is -2.03. The van der Waals surface area contributed by atoms with Gasteiger partial charge in [-0.2, -0.15) is 14.9 Å². The molecule has 2 heterocycles. The van der Waals surface area contributed by atoms with Crippen LogP contribution < -0.4 is 0 Å². The van der Waals surface area contributed by atoms with Gasteiger partial charge in [-0.25, -0.2) is 4.39 Å². The number of hydrogen-bond donors (Lipinski definition) is 0. The summed E-state index contributed by atoms with van der Waals surface area (Å²) in [6.07, 6.45) is 1.30. The summed E-state index contributed by atoms with van der Waals surface area (Å²) >= 11 is 7.25. The third-order valence-corrected chi connectivity index (χ3v) is 5.13. The summed E-state index contributed by atoms with van der Waals surface area (Å²) < 4.78 is 16.9. The Kier molecular flexibility index (Phi) is 5.75. The van der Waals surface area contributed by atoms with Crippen LogP contribution >= 0.6 is 23.4 Å². The molecule has 0 spiro atoms. The number of aromatic nitrogens is 5. The molecule has 0 aliphatic heterocycles. The van der Waals surface area contributed by atoms with Crippen molar-refractivity contribution in [3.05, 3.63) is 61.9 Å². The van der Waals surface area contributed by atoms with Gasteiger partial charge in [-0.1, -0.05) is 29.4 Å². The first-order valence-electron chi connectivity index (χ1n) is 8.01. The van der Waals surface area contributed by atoms with Crippen LogP contribution in [0.1, 0.15) is 22.8 Å². The van der Waals surface area contributed by atoms with Gasteiger partial charge in [0.2, 0.25) is 5.16 Å². The summed E-state index contributed by atoms with van der Waals surface area (Å²) in [5, 5.41) is 28.2. The normalized spacial score (nSPS) is 11.5. The van der Waals surface area contributed by atoms with E-state index < -0.39 is 10.7 Å². The highest BCUT2D eigenvalue weighted by Gasteiger charge is 2.22. The lowest BCUT2D eigenvalue weighted by Gasteiger charge is -2.04. The predicted molar refractivity (Wildman–Crippen MR) is 103 cm³/mol. The van der Waals surface area contributed by atoms with Crippen molar-refractivity contribution in [2.24, 2.45) is 5.10 Å². The van der Waals surface area contributed by atoms with Crippen molar-refractivity contribution in [1.82, 2.24) is 24.7 Å². The van der Waals surface area contributed by atoms with Gasteiger partial charge in [-0.15, -0.1) is 10.2 Å². The minimum Gasteiger partial charge on any atom is -0.258 e. The zero-order chi connectivity index (χ0) is 20.4. The van der Waals surface area contributed by atoms with E-state index in [4.69, 9.17) is 11.6 Å². The van der Waals surface area contributed by atoms with E-state index in [1.165, 1.54) is 39.5 Å². The van der Waals surface area contributed by atoms with Crippen molar-refractivity contribution < 1.29 is 9.31 Å². The molecule has 12 heteroatoms. The molecule has 0 atom stereocenters. The van der Waals surface area contributed by atoms with Gasteiger partial charge in [0.05, 0.1) is 22.0 Å². The number of nitro groups is 1. The zero-order valence-corrected chi connectivity index (χ0v) is 16.7. The van der Waals surface area contributed by atoms with Crippen LogP contribution in [-0.4, -0.2) is 35.8 Å². The third-order valence-electron chi connectivity index (χ3n) is 3.91. The van der Waals surface area contributed by atoms with E-state index in [1.807, 2.05) is 0 Å². The third kappa shape index (κ3) is 3.90. The Morgan fingerprint density at radius 2 is 2.11 bits per heavy atom. The second-order valence-electron chi connectivity index (χ2n) is 5.77. The summed E-state index contributed by atoms with van der Waals surface area (Å²) in [7, 11) is 0. The molecule has 146 valence electrons. The fourth-order valence-electron chi connectivity index (χ4n) is 2.51. The van der Waals surface area contributed by atoms with Gasteiger partial charge in [0.15, 0.2) is 5.82 Å². The summed E-state index contributed by atoms with van der Waals surface area (Å²) in [4.78, 5) is 10.7. The van der Waals surface area contributed by atoms with E-state index in [9.17, 15) is 14.5 Å². The van der Waals surface area contributed by atoms with E-state index >= 15 is 0 Å². The highest BCUT2D eigenvalue weighted by atomic mass is 35.5. The van der Waals surface area contributed by atoms with Gasteiger partial charge in [0.25, 0.3) is 0 Å². The smallest absolute Gasteiger partial charge is 0.258 e. The maximum absolute atomic E-state index is 13.9. The molecular weight excluding hydrogens is 409 g/mol. The summed E-state index contributed by atoms with van der Waals surface area (Å²) in [6.45, 7) is 4.92. The number of aryl methyl sites for hydroxylation is 2. The molecule has 0 saturated heterocycles. The van der Waals surface area contributed by atoms with Gasteiger partial charge < -0.3 is 0 Å². The van der Waals surface area contributed by atoms with Crippen molar-refractivity contribution in [3.63, 3.8) is 0 Å². The van der Waals surface area contributed by atoms with Crippen LogP contribution in [0, 0.1) is 36.7 Å². The maximum atomic E-state index is 13.9. The highest BCUT2D eigenvalue weighted by Crippen LogP contribution is 2.26. The van der Waals surface area contributed by atoms with Crippen molar-refractivity contribution in [2.75, 3.05) is 0 Å². The fraction of sp³-hybridized carbons (Fsp3) is 0.250. The summed E-state index contributed by atoms with van der Waals surface area (Å²) in [6, 6.07) is 4.36. The number of thioether (sulfide) groups is 1. The first-order chi connectivity index (χ1) is 13.3. The Balaban J connectivity index is 1.83. The van der Waals surface area contributed by atoms with Gasteiger partial charge in [-0.3, -0.25) is 14.8 Å². The Labute approximate surface area is 168 Å². The number of benzene rings is 1. The standard InChI is InChI=1S/C16H15ClFN7O2S/c1-9-15(25(26)27)10(2)23(22-9)8-28-16-21-20-11(3)24(16)19-7-12-13(17)5-4-6-14(12)18/h4-7H,8H2,1-3H3/b19-7-. The van der Waals surface area contributed by atoms with Crippen molar-refractivity contribution >= 4 is 35.3 Å². The van der Waals surface area contributed by atoms with Crippen LogP contribution in [0.3, 0.4) is 0 Å². The average molecular weight is 424 g/mol. The first kappa shape index (κ1) is 20.0.